The third-order valence-corrected chi connectivity index (χ3v) is 4.11. The number of rotatable bonds is 7. The van der Waals surface area contributed by atoms with E-state index in [1.807, 2.05) is 52.8 Å². The number of hydrogen-bond donors (Lipinski definition) is 2. The maximum Gasteiger partial charge on any atom is 0.265 e. The van der Waals surface area contributed by atoms with Crippen LogP contribution >= 0.6 is 0 Å². The number of hydrogen-bond acceptors (Lipinski definition) is 3. The van der Waals surface area contributed by atoms with Crippen molar-refractivity contribution in [2.75, 3.05) is 5.32 Å². The highest BCUT2D eigenvalue weighted by Gasteiger charge is 2.21. The molecule has 0 fully saturated rings. The quantitative estimate of drug-likeness (QED) is 0.768. The minimum absolute atomic E-state index is 0.0116. The zero-order chi connectivity index (χ0) is 20.0. The summed E-state index contributed by atoms with van der Waals surface area (Å²) in [6, 6.07) is 12.8. The van der Waals surface area contributed by atoms with E-state index in [1.54, 1.807) is 24.3 Å². The van der Waals surface area contributed by atoms with E-state index in [-0.39, 0.29) is 17.9 Å². The second-order valence-corrected chi connectivity index (χ2v) is 6.95. The Bertz CT molecular complexity index is 815. The van der Waals surface area contributed by atoms with Gasteiger partial charge in [0, 0.05) is 6.04 Å². The minimum atomic E-state index is -0.646. The van der Waals surface area contributed by atoms with Crippen LogP contribution in [0.25, 0.3) is 0 Å². The first-order chi connectivity index (χ1) is 12.8. The van der Waals surface area contributed by atoms with E-state index in [0.717, 1.165) is 11.1 Å². The van der Waals surface area contributed by atoms with Crippen LogP contribution in [0, 0.1) is 13.8 Å². The number of carbonyl (C=O) groups excluding carboxylic acids is 2. The summed E-state index contributed by atoms with van der Waals surface area (Å²) in [6.07, 6.45) is -0.132. The molecule has 0 saturated heterocycles. The fourth-order valence-electron chi connectivity index (χ4n) is 2.75. The highest BCUT2D eigenvalue weighted by atomic mass is 16.5. The van der Waals surface area contributed by atoms with Gasteiger partial charge in [0.05, 0.1) is 11.3 Å². The lowest BCUT2D eigenvalue weighted by molar-refractivity contribution is -0.122. The maximum atomic E-state index is 12.8. The van der Waals surface area contributed by atoms with Crippen LogP contribution in [0.15, 0.2) is 42.5 Å². The monoisotopic (exact) mass is 368 g/mol. The average molecular weight is 368 g/mol. The number of nitrogens with one attached hydrogen (secondary N) is 2. The largest absolute Gasteiger partial charge is 0.480 e. The molecule has 2 N–H and O–H groups in total. The molecule has 27 heavy (non-hydrogen) atoms. The first-order valence-corrected chi connectivity index (χ1v) is 9.26. The van der Waals surface area contributed by atoms with Crippen molar-refractivity contribution >= 4 is 17.5 Å². The summed E-state index contributed by atoms with van der Waals surface area (Å²) in [4.78, 5) is 25.1. The number of aryl methyl sites for hydroxylation is 2. The van der Waals surface area contributed by atoms with E-state index in [1.165, 1.54) is 0 Å². The number of amides is 2. The fourth-order valence-corrected chi connectivity index (χ4v) is 2.75. The molecule has 2 amide bonds. The van der Waals surface area contributed by atoms with E-state index < -0.39 is 6.10 Å². The maximum absolute atomic E-state index is 12.8. The first-order valence-electron chi connectivity index (χ1n) is 9.26. The lowest BCUT2D eigenvalue weighted by Crippen LogP contribution is -2.34. The summed E-state index contributed by atoms with van der Waals surface area (Å²) in [5.41, 5.74) is 3.03. The molecule has 0 saturated carbocycles. The Labute approximate surface area is 161 Å². The molecule has 5 nitrogen and oxygen atoms in total. The van der Waals surface area contributed by atoms with Gasteiger partial charge in [0.25, 0.3) is 11.8 Å². The molecule has 0 aliphatic rings. The Morgan fingerprint density at radius 2 is 1.78 bits per heavy atom. The Morgan fingerprint density at radius 1 is 1.07 bits per heavy atom. The summed E-state index contributed by atoms with van der Waals surface area (Å²) in [7, 11) is 0. The summed E-state index contributed by atoms with van der Waals surface area (Å²) >= 11 is 0. The molecule has 0 spiro atoms. The molecule has 0 heterocycles. The molecule has 0 aliphatic heterocycles. The van der Waals surface area contributed by atoms with Crippen LogP contribution in [0.1, 0.15) is 48.7 Å². The Balaban J connectivity index is 2.16. The number of anilines is 1. The van der Waals surface area contributed by atoms with E-state index >= 15 is 0 Å². The smallest absolute Gasteiger partial charge is 0.265 e. The molecule has 2 rings (SSSR count). The van der Waals surface area contributed by atoms with Gasteiger partial charge in [-0.3, -0.25) is 9.59 Å². The number of para-hydroxylation sites is 1. The van der Waals surface area contributed by atoms with Gasteiger partial charge in [-0.1, -0.05) is 36.8 Å². The normalized spacial score (nSPS) is 11.8. The molecule has 0 unspecified atom stereocenters. The van der Waals surface area contributed by atoms with E-state index in [0.29, 0.717) is 23.4 Å². The van der Waals surface area contributed by atoms with Gasteiger partial charge in [0.1, 0.15) is 5.75 Å². The molecular formula is C22H28N2O3. The van der Waals surface area contributed by atoms with Crippen molar-refractivity contribution in [3.8, 4) is 5.75 Å². The van der Waals surface area contributed by atoms with Gasteiger partial charge in [-0.2, -0.15) is 0 Å². The lowest BCUT2D eigenvalue weighted by Gasteiger charge is -2.20. The van der Waals surface area contributed by atoms with Crippen LogP contribution in [0.5, 0.6) is 5.75 Å². The summed E-state index contributed by atoms with van der Waals surface area (Å²) in [5.74, 6) is 0.194. The summed E-state index contributed by atoms with van der Waals surface area (Å²) in [6.45, 7) is 9.65. The Hall–Kier alpha value is -2.82. The van der Waals surface area contributed by atoms with Gasteiger partial charge < -0.3 is 15.4 Å². The van der Waals surface area contributed by atoms with E-state index in [2.05, 4.69) is 10.6 Å². The van der Waals surface area contributed by atoms with E-state index in [4.69, 9.17) is 4.74 Å². The molecular weight excluding hydrogens is 340 g/mol. The molecule has 0 radical (unpaired) electrons. The molecule has 0 aromatic heterocycles. The second kappa shape index (κ2) is 9.21. The molecule has 144 valence electrons. The van der Waals surface area contributed by atoms with Gasteiger partial charge in [-0.15, -0.1) is 0 Å². The van der Waals surface area contributed by atoms with Crippen LogP contribution in [-0.2, 0) is 4.79 Å². The fraction of sp³-hybridized carbons (Fsp3) is 0.364. The van der Waals surface area contributed by atoms with Crippen molar-refractivity contribution in [2.45, 2.75) is 53.2 Å². The summed E-state index contributed by atoms with van der Waals surface area (Å²) < 4.78 is 5.94. The van der Waals surface area contributed by atoms with Gasteiger partial charge in [0.2, 0.25) is 0 Å². The molecule has 2 aromatic carbocycles. The zero-order valence-electron chi connectivity index (χ0n) is 16.6. The first kappa shape index (κ1) is 20.5. The standard InChI is InChI=1S/C22H28N2O3/c1-6-19(27-20-12-11-15(4)13-16(20)5)22(26)24-18-10-8-7-9-17(18)21(25)23-14(2)3/h7-14,19H,6H2,1-5H3,(H,23,25)(H,24,26)/t19-/m1/s1. The SMILES string of the molecule is CC[C@@H](Oc1ccc(C)cc1C)C(=O)Nc1ccccc1C(=O)NC(C)C. The minimum Gasteiger partial charge on any atom is -0.480 e. The second-order valence-electron chi connectivity index (χ2n) is 6.95. The van der Waals surface area contributed by atoms with Crippen molar-refractivity contribution < 1.29 is 14.3 Å². The molecule has 5 heteroatoms. The predicted molar refractivity (Wildman–Crippen MR) is 108 cm³/mol. The van der Waals surface area contributed by atoms with Crippen molar-refractivity contribution in [1.82, 2.24) is 5.32 Å². The van der Waals surface area contributed by atoms with Crippen LogP contribution in [0.3, 0.4) is 0 Å². The van der Waals surface area contributed by atoms with Gasteiger partial charge >= 0.3 is 0 Å². The van der Waals surface area contributed by atoms with Crippen molar-refractivity contribution in [2.24, 2.45) is 0 Å². The van der Waals surface area contributed by atoms with Crippen LogP contribution in [0.4, 0.5) is 5.69 Å². The number of benzene rings is 2. The van der Waals surface area contributed by atoms with Gasteiger partial charge in [0.15, 0.2) is 6.10 Å². The molecule has 0 aliphatic carbocycles. The average Bonchev–Trinajstić information content (AvgIpc) is 2.60. The van der Waals surface area contributed by atoms with Crippen LogP contribution in [0.2, 0.25) is 0 Å². The molecule has 2 aromatic rings. The number of ether oxygens (including phenoxy) is 1. The zero-order valence-corrected chi connectivity index (χ0v) is 16.6. The topological polar surface area (TPSA) is 67.4 Å². The third-order valence-electron chi connectivity index (χ3n) is 4.11. The Morgan fingerprint density at radius 3 is 2.41 bits per heavy atom. The lowest BCUT2D eigenvalue weighted by atomic mass is 10.1. The Kier molecular flexibility index (Phi) is 6.99. The summed E-state index contributed by atoms with van der Waals surface area (Å²) in [5, 5.41) is 5.69. The van der Waals surface area contributed by atoms with Gasteiger partial charge in [-0.25, -0.2) is 0 Å². The predicted octanol–water partition coefficient (Wildman–Crippen LogP) is 4.24. The van der Waals surface area contributed by atoms with Crippen molar-refractivity contribution in [3.63, 3.8) is 0 Å². The van der Waals surface area contributed by atoms with E-state index in [9.17, 15) is 9.59 Å². The van der Waals surface area contributed by atoms with Crippen LogP contribution in [-0.4, -0.2) is 24.0 Å². The molecule has 1 atom stereocenters. The number of carbonyl (C=O) groups is 2. The molecule has 0 bridgehead atoms. The third kappa shape index (κ3) is 5.58. The highest BCUT2D eigenvalue weighted by molar-refractivity contribution is 6.04. The van der Waals surface area contributed by atoms with Gasteiger partial charge in [-0.05, 0) is 57.9 Å². The van der Waals surface area contributed by atoms with Crippen molar-refractivity contribution in [1.29, 1.82) is 0 Å². The van der Waals surface area contributed by atoms with Crippen LogP contribution < -0.4 is 15.4 Å². The highest BCUT2D eigenvalue weighted by Crippen LogP contribution is 2.22. The van der Waals surface area contributed by atoms with Crippen molar-refractivity contribution in [3.05, 3.63) is 59.2 Å².